The zero-order valence-electron chi connectivity index (χ0n) is 12.6. The Balaban J connectivity index is 0.00000161. The van der Waals surface area contributed by atoms with Gasteiger partial charge in [0.1, 0.15) is 0 Å². The number of para-hydroxylation sites is 1. The van der Waals surface area contributed by atoms with Crippen LogP contribution in [0.2, 0.25) is 0 Å². The summed E-state index contributed by atoms with van der Waals surface area (Å²) in [6.45, 7) is 2.14. The molecule has 3 atom stereocenters. The molecule has 116 valence electrons. The molecule has 1 fully saturated rings. The fraction of sp³-hybridized carbons (Fsp3) is 0.588. The minimum Gasteiger partial charge on any atom is -0.327 e. The predicted octanol–water partition coefficient (Wildman–Crippen LogP) is 3.29. The van der Waals surface area contributed by atoms with Gasteiger partial charge in [0.05, 0.1) is 0 Å². The lowest BCUT2D eigenvalue weighted by Gasteiger charge is -2.31. The van der Waals surface area contributed by atoms with Gasteiger partial charge < -0.3 is 10.6 Å². The maximum atomic E-state index is 12.7. The van der Waals surface area contributed by atoms with Crippen LogP contribution in [0.1, 0.15) is 44.6 Å². The number of carbonyl (C=O) groups is 1. The maximum absolute atomic E-state index is 12.7. The molecule has 2 aliphatic rings. The van der Waals surface area contributed by atoms with Crippen molar-refractivity contribution in [2.75, 3.05) is 4.90 Å². The first-order valence-electron chi connectivity index (χ1n) is 7.82. The second-order valence-corrected chi connectivity index (χ2v) is 6.36. The van der Waals surface area contributed by atoms with E-state index in [0.717, 1.165) is 24.9 Å². The van der Waals surface area contributed by atoms with Crippen molar-refractivity contribution in [3.8, 4) is 0 Å². The van der Waals surface area contributed by atoms with E-state index in [1.807, 2.05) is 11.0 Å². The number of nitrogens with zero attached hydrogens (tertiary/aromatic N) is 1. The van der Waals surface area contributed by atoms with E-state index in [9.17, 15) is 4.79 Å². The molecule has 21 heavy (non-hydrogen) atoms. The fourth-order valence-electron chi connectivity index (χ4n) is 3.76. The summed E-state index contributed by atoms with van der Waals surface area (Å²) < 4.78 is 0. The summed E-state index contributed by atoms with van der Waals surface area (Å²) >= 11 is 0. The van der Waals surface area contributed by atoms with Crippen LogP contribution in [0, 0.1) is 5.92 Å². The number of carbonyl (C=O) groups excluding carboxylic acids is 1. The minimum absolute atomic E-state index is 0. The third-order valence-electron chi connectivity index (χ3n) is 4.88. The van der Waals surface area contributed by atoms with Crippen molar-refractivity contribution in [2.24, 2.45) is 11.7 Å². The van der Waals surface area contributed by atoms with Gasteiger partial charge in [-0.3, -0.25) is 4.79 Å². The number of amides is 1. The molecular formula is C17H25ClN2O. The quantitative estimate of drug-likeness (QED) is 0.911. The Morgan fingerprint density at radius 1 is 1.29 bits per heavy atom. The largest absolute Gasteiger partial charge is 0.327 e. The third-order valence-corrected chi connectivity index (χ3v) is 4.88. The van der Waals surface area contributed by atoms with Crippen LogP contribution in [0.5, 0.6) is 0 Å². The number of hydrogen-bond donors (Lipinski definition) is 1. The van der Waals surface area contributed by atoms with Crippen LogP contribution < -0.4 is 10.6 Å². The summed E-state index contributed by atoms with van der Waals surface area (Å²) in [6.07, 6.45) is 6.20. The highest BCUT2D eigenvalue weighted by Crippen LogP contribution is 2.34. The molecule has 1 amide bonds. The highest BCUT2D eigenvalue weighted by atomic mass is 35.5. The molecule has 0 aromatic heterocycles. The van der Waals surface area contributed by atoms with Crippen LogP contribution >= 0.6 is 12.4 Å². The topological polar surface area (TPSA) is 46.3 Å². The van der Waals surface area contributed by atoms with E-state index >= 15 is 0 Å². The smallest absolute Gasteiger partial charge is 0.227 e. The zero-order valence-corrected chi connectivity index (χ0v) is 13.4. The molecule has 1 aromatic rings. The molecule has 3 rings (SSSR count). The predicted molar refractivity (Wildman–Crippen MR) is 88.9 cm³/mol. The normalized spacial score (nSPS) is 27.9. The number of hydrogen-bond acceptors (Lipinski definition) is 2. The lowest BCUT2D eigenvalue weighted by Crippen LogP contribution is -2.41. The van der Waals surface area contributed by atoms with Gasteiger partial charge in [0, 0.05) is 24.2 Å². The van der Waals surface area contributed by atoms with Gasteiger partial charge in [0.2, 0.25) is 5.91 Å². The number of anilines is 1. The van der Waals surface area contributed by atoms with Gasteiger partial charge in [-0.1, -0.05) is 31.0 Å². The minimum atomic E-state index is 0. The van der Waals surface area contributed by atoms with Crippen LogP contribution in [0.4, 0.5) is 5.69 Å². The van der Waals surface area contributed by atoms with Crippen molar-refractivity contribution in [2.45, 2.75) is 57.5 Å². The van der Waals surface area contributed by atoms with Crippen LogP contribution in [0.25, 0.3) is 0 Å². The molecule has 0 bridgehead atoms. The average molecular weight is 309 g/mol. The van der Waals surface area contributed by atoms with Gasteiger partial charge in [-0.2, -0.15) is 0 Å². The summed E-state index contributed by atoms with van der Waals surface area (Å²) in [5.41, 5.74) is 8.58. The lowest BCUT2D eigenvalue weighted by atomic mass is 9.82. The van der Waals surface area contributed by atoms with Crippen molar-refractivity contribution in [3.63, 3.8) is 0 Å². The van der Waals surface area contributed by atoms with Gasteiger partial charge >= 0.3 is 0 Å². The van der Waals surface area contributed by atoms with Gasteiger partial charge in [0.25, 0.3) is 0 Å². The molecule has 1 heterocycles. The second kappa shape index (κ2) is 6.80. The molecule has 0 spiro atoms. The standard InChI is InChI=1S/C17H24N2O.ClH/c1-12-10-14-7-3-5-9-16(14)19(12)17(20)11-13-6-2-4-8-15(13)18;/h3,5,7,9,12-13,15H,2,4,6,8,10-11,18H2,1H3;1H. The van der Waals surface area contributed by atoms with Crippen LogP contribution in [0.3, 0.4) is 0 Å². The Labute approximate surface area is 133 Å². The van der Waals surface area contributed by atoms with Gasteiger partial charge in [-0.15, -0.1) is 12.4 Å². The van der Waals surface area contributed by atoms with Gasteiger partial charge in [0.15, 0.2) is 0 Å². The van der Waals surface area contributed by atoms with Crippen molar-refractivity contribution in [1.29, 1.82) is 0 Å². The first-order valence-corrected chi connectivity index (χ1v) is 7.82. The first kappa shape index (κ1) is 16.3. The van der Waals surface area contributed by atoms with Crippen molar-refractivity contribution in [3.05, 3.63) is 29.8 Å². The van der Waals surface area contributed by atoms with Gasteiger partial charge in [-0.25, -0.2) is 0 Å². The number of benzene rings is 1. The summed E-state index contributed by atoms with van der Waals surface area (Å²) in [6, 6.07) is 8.75. The van der Waals surface area contributed by atoms with E-state index in [2.05, 4.69) is 25.1 Å². The molecule has 3 nitrogen and oxygen atoms in total. The molecule has 3 unspecified atom stereocenters. The summed E-state index contributed by atoms with van der Waals surface area (Å²) in [7, 11) is 0. The molecule has 1 aliphatic heterocycles. The van der Waals surface area contributed by atoms with Crippen LogP contribution in [-0.4, -0.2) is 18.0 Å². The van der Waals surface area contributed by atoms with E-state index in [0.29, 0.717) is 12.3 Å². The Bertz CT molecular complexity index is 505. The molecule has 0 radical (unpaired) electrons. The number of rotatable bonds is 2. The van der Waals surface area contributed by atoms with Gasteiger partial charge in [-0.05, 0) is 43.7 Å². The molecular weight excluding hydrogens is 284 g/mol. The lowest BCUT2D eigenvalue weighted by molar-refractivity contribution is -0.120. The maximum Gasteiger partial charge on any atom is 0.227 e. The Morgan fingerprint density at radius 2 is 2.00 bits per heavy atom. The monoisotopic (exact) mass is 308 g/mol. The second-order valence-electron chi connectivity index (χ2n) is 6.36. The van der Waals surface area contributed by atoms with E-state index in [-0.39, 0.29) is 30.4 Å². The third kappa shape index (κ3) is 3.24. The van der Waals surface area contributed by atoms with Crippen LogP contribution in [0.15, 0.2) is 24.3 Å². The molecule has 0 saturated heterocycles. The van der Waals surface area contributed by atoms with Crippen molar-refractivity contribution in [1.82, 2.24) is 0 Å². The Morgan fingerprint density at radius 3 is 2.76 bits per heavy atom. The number of halogens is 1. The molecule has 4 heteroatoms. The highest BCUT2D eigenvalue weighted by Gasteiger charge is 2.33. The average Bonchev–Trinajstić information content (AvgIpc) is 2.77. The zero-order chi connectivity index (χ0) is 14.1. The Kier molecular flexibility index (Phi) is 5.28. The Hall–Kier alpha value is -1.06. The van der Waals surface area contributed by atoms with Crippen molar-refractivity contribution < 1.29 is 4.79 Å². The van der Waals surface area contributed by atoms with E-state index < -0.39 is 0 Å². The molecule has 1 saturated carbocycles. The summed E-state index contributed by atoms with van der Waals surface area (Å²) in [5, 5.41) is 0. The number of nitrogens with two attached hydrogens (primary N) is 1. The summed E-state index contributed by atoms with van der Waals surface area (Å²) in [5.74, 6) is 0.626. The molecule has 1 aliphatic carbocycles. The van der Waals surface area contributed by atoms with Crippen LogP contribution in [-0.2, 0) is 11.2 Å². The fourth-order valence-corrected chi connectivity index (χ4v) is 3.76. The van der Waals surface area contributed by atoms with E-state index in [4.69, 9.17) is 5.73 Å². The van der Waals surface area contributed by atoms with E-state index in [1.165, 1.54) is 18.4 Å². The first-order chi connectivity index (χ1) is 9.66. The van der Waals surface area contributed by atoms with E-state index in [1.54, 1.807) is 0 Å². The number of fused-ring (bicyclic) bond motifs is 1. The molecule has 1 aromatic carbocycles. The SMILES string of the molecule is CC1Cc2ccccc2N1C(=O)CC1CCCCC1N.Cl. The highest BCUT2D eigenvalue weighted by molar-refractivity contribution is 5.96. The molecule has 2 N–H and O–H groups in total. The summed E-state index contributed by atoms with van der Waals surface area (Å²) in [4.78, 5) is 14.7. The van der Waals surface area contributed by atoms with Crippen molar-refractivity contribution >= 4 is 24.0 Å².